The van der Waals surface area contributed by atoms with Gasteiger partial charge in [-0.2, -0.15) is 5.26 Å². The number of amides is 3. The summed E-state index contributed by atoms with van der Waals surface area (Å²) in [5, 5.41) is 24.5. The smallest absolute Gasteiger partial charge is 0.320 e. The van der Waals surface area contributed by atoms with E-state index < -0.39 is 0 Å². The second kappa shape index (κ2) is 12.7. The molecule has 3 aliphatic rings. The molecule has 2 aliphatic heterocycles. The molecule has 0 atom stereocenters. The molecule has 0 radical (unpaired) electrons. The van der Waals surface area contributed by atoms with E-state index >= 15 is 0 Å². The molecule has 3 fully saturated rings. The topological polar surface area (TPSA) is 121 Å². The lowest BCUT2D eigenvalue weighted by Crippen LogP contribution is -2.56. The fourth-order valence-electron chi connectivity index (χ4n) is 5.69. The zero-order valence-electron chi connectivity index (χ0n) is 22.9. The average Bonchev–Trinajstić information content (AvgIpc) is 3.01. The Morgan fingerprint density at radius 3 is 2.33 bits per heavy atom. The van der Waals surface area contributed by atoms with Crippen LogP contribution in [0.2, 0.25) is 5.02 Å². The maximum absolute atomic E-state index is 12.9. The van der Waals surface area contributed by atoms with Crippen LogP contribution >= 0.6 is 11.6 Å². The van der Waals surface area contributed by atoms with E-state index in [1.165, 1.54) is 0 Å². The van der Waals surface area contributed by atoms with Gasteiger partial charge in [0.05, 0.1) is 10.6 Å². The van der Waals surface area contributed by atoms with Crippen LogP contribution in [0.25, 0.3) is 0 Å². The van der Waals surface area contributed by atoms with E-state index in [9.17, 15) is 9.59 Å². The quantitative estimate of drug-likeness (QED) is 0.567. The highest BCUT2D eigenvalue weighted by Crippen LogP contribution is 2.29. The van der Waals surface area contributed by atoms with Gasteiger partial charge in [0.2, 0.25) is 0 Å². The molecule has 5 rings (SSSR count). The number of carbonyl (C=O) groups is 2. The standard InChI is InChI=1S/C28H36ClN9O2/c1-35(23-5-2-20(19-30)24(29)18-23)22-6-3-21(4-7-22)32-27(39)25-8-9-26(34-33-25)36-14-16-38(17-15-36)28(40)37-12-10-31-11-13-37/h2,5,8-9,18,21-22,31H,3-4,6-7,10-17H2,1H3,(H,32,39). The van der Waals surface area contributed by atoms with Gasteiger partial charge in [-0.3, -0.25) is 4.79 Å². The van der Waals surface area contributed by atoms with E-state index in [0.29, 0.717) is 48.5 Å². The van der Waals surface area contributed by atoms with Gasteiger partial charge < -0.3 is 30.2 Å². The van der Waals surface area contributed by atoms with Crippen molar-refractivity contribution in [1.82, 2.24) is 30.6 Å². The summed E-state index contributed by atoms with van der Waals surface area (Å²) in [6.07, 6.45) is 3.61. The van der Waals surface area contributed by atoms with Gasteiger partial charge in [-0.25, -0.2) is 4.79 Å². The largest absolute Gasteiger partial charge is 0.372 e. The van der Waals surface area contributed by atoms with Crippen molar-refractivity contribution in [2.75, 3.05) is 69.2 Å². The maximum Gasteiger partial charge on any atom is 0.320 e. The zero-order valence-corrected chi connectivity index (χ0v) is 23.6. The Balaban J connectivity index is 1.07. The van der Waals surface area contributed by atoms with Gasteiger partial charge in [0, 0.05) is 77.2 Å². The number of carbonyl (C=O) groups excluding carboxylic acids is 2. The first-order valence-electron chi connectivity index (χ1n) is 14.0. The van der Waals surface area contributed by atoms with Crippen molar-refractivity contribution in [1.29, 1.82) is 5.26 Å². The van der Waals surface area contributed by atoms with E-state index in [-0.39, 0.29) is 18.0 Å². The molecule has 11 nitrogen and oxygen atoms in total. The Labute approximate surface area is 240 Å². The SMILES string of the molecule is CN(c1ccc(C#N)c(Cl)c1)C1CCC(NC(=O)c2ccc(N3CCN(C(=O)N4CCNCC4)CC3)nn2)CC1. The molecule has 2 saturated heterocycles. The molecule has 2 aromatic rings. The van der Waals surface area contributed by atoms with Gasteiger partial charge in [0.1, 0.15) is 6.07 Å². The minimum absolute atomic E-state index is 0.0875. The van der Waals surface area contributed by atoms with Gasteiger partial charge in [0.25, 0.3) is 5.91 Å². The fourth-order valence-corrected chi connectivity index (χ4v) is 5.91. The Hall–Kier alpha value is -3.62. The lowest BCUT2D eigenvalue weighted by atomic mass is 9.90. The number of hydrogen-bond acceptors (Lipinski definition) is 8. The molecule has 0 spiro atoms. The third-order valence-electron chi connectivity index (χ3n) is 8.20. The predicted molar refractivity (Wildman–Crippen MR) is 154 cm³/mol. The number of nitriles is 1. The number of nitrogens with zero attached hydrogens (tertiary/aromatic N) is 7. The third-order valence-corrected chi connectivity index (χ3v) is 8.52. The Kier molecular flexibility index (Phi) is 8.87. The Morgan fingerprint density at radius 2 is 1.70 bits per heavy atom. The highest BCUT2D eigenvalue weighted by atomic mass is 35.5. The lowest BCUT2D eigenvalue weighted by molar-refractivity contribution is 0.0919. The molecule has 1 aromatic heterocycles. The number of nitrogens with one attached hydrogen (secondary N) is 2. The van der Waals surface area contributed by atoms with Crippen molar-refractivity contribution in [3.63, 3.8) is 0 Å². The van der Waals surface area contributed by atoms with Crippen LogP contribution in [0.1, 0.15) is 41.7 Å². The maximum atomic E-state index is 12.9. The van der Waals surface area contributed by atoms with Crippen molar-refractivity contribution in [2.45, 2.75) is 37.8 Å². The molecule has 0 unspecified atom stereocenters. The van der Waals surface area contributed by atoms with Crippen molar-refractivity contribution in [3.8, 4) is 6.07 Å². The molecule has 212 valence electrons. The highest BCUT2D eigenvalue weighted by Gasteiger charge is 2.28. The number of benzene rings is 1. The van der Waals surface area contributed by atoms with Crippen LogP contribution in [0.3, 0.4) is 0 Å². The van der Waals surface area contributed by atoms with E-state index in [1.807, 2.05) is 35.0 Å². The van der Waals surface area contributed by atoms with Crippen LogP contribution in [-0.4, -0.2) is 103 Å². The van der Waals surface area contributed by atoms with Crippen LogP contribution in [0.15, 0.2) is 30.3 Å². The zero-order chi connectivity index (χ0) is 28.1. The molecule has 1 aliphatic carbocycles. The minimum atomic E-state index is -0.207. The van der Waals surface area contributed by atoms with Crippen LogP contribution in [-0.2, 0) is 0 Å². The lowest BCUT2D eigenvalue weighted by Gasteiger charge is -2.39. The fraction of sp³-hybridized carbons (Fsp3) is 0.536. The number of anilines is 2. The predicted octanol–water partition coefficient (Wildman–Crippen LogP) is 2.33. The second-order valence-electron chi connectivity index (χ2n) is 10.6. The van der Waals surface area contributed by atoms with Crippen LogP contribution in [0, 0.1) is 11.3 Å². The van der Waals surface area contributed by atoms with E-state index in [4.69, 9.17) is 16.9 Å². The number of urea groups is 1. The van der Waals surface area contributed by atoms with Crippen molar-refractivity contribution in [3.05, 3.63) is 46.6 Å². The normalized spacial score (nSPS) is 21.5. The summed E-state index contributed by atoms with van der Waals surface area (Å²) >= 11 is 6.22. The van der Waals surface area contributed by atoms with E-state index in [1.54, 1.807) is 12.1 Å². The Morgan fingerprint density at radius 1 is 1.00 bits per heavy atom. The molecular weight excluding hydrogens is 530 g/mol. The molecule has 2 N–H and O–H groups in total. The van der Waals surface area contributed by atoms with Gasteiger partial charge >= 0.3 is 6.03 Å². The first-order valence-corrected chi connectivity index (χ1v) is 14.4. The first-order chi connectivity index (χ1) is 19.4. The molecule has 0 bridgehead atoms. The Bertz CT molecular complexity index is 1230. The average molecular weight is 566 g/mol. The molecule has 3 heterocycles. The summed E-state index contributed by atoms with van der Waals surface area (Å²) in [4.78, 5) is 33.7. The van der Waals surface area contributed by atoms with Gasteiger partial charge in [-0.05, 0) is 56.0 Å². The summed E-state index contributed by atoms with van der Waals surface area (Å²) in [6, 6.07) is 11.7. The number of hydrogen-bond donors (Lipinski definition) is 2. The number of piperazine rings is 2. The van der Waals surface area contributed by atoms with Gasteiger partial charge in [-0.1, -0.05) is 11.6 Å². The van der Waals surface area contributed by atoms with Crippen molar-refractivity contribution >= 4 is 35.0 Å². The summed E-state index contributed by atoms with van der Waals surface area (Å²) in [5.74, 6) is 0.512. The molecule has 1 saturated carbocycles. The van der Waals surface area contributed by atoms with Gasteiger partial charge in [0.15, 0.2) is 11.5 Å². The molecule has 12 heteroatoms. The highest BCUT2D eigenvalue weighted by molar-refractivity contribution is 6.32. The number of rotatable bonds is 5. The minimum Gasteiger partial charge on any atom is -0.372 e. The summed E-state index contributed by atoms with van der Waals surface area (Å²) in [5.41, 5.74) is 1.77. The van der Waals surface area contributed by atoms with Crippen LogP contribution in [0.5, 0.6) is 0 Å². The third kappa shape index (κ3) is 6.40. The summed E-state index contributed by atoms with van der Waals surface area (Å²) < 4.78 is 0. The number of aromatic nitrogens is 2. The number of halogens is 1. The molecule has 1 aromatic carbocycles. The van der Waals surface area contributed by atoms with Crippen molar-refractivity contribution < 1.29 is 9.59 Å². The monoisotopic (exact) mass is 565 g/mol. The first kappa shape index (κ1) is 27.9. The molecular formula is C28H36ClN9O2. The van der Waals surface area contributed by atoms with E-state index in [2.05, 4.69) is 36.7 Å². The summed E-state index contributed by atoms with van der Waals surface area (Å²) in [7, 11) is 2.04. The van der Waals surface area contributed by atoms with E-state index in [0.717, 1.165) is 63.4 Å². The molecule has 3 amide bonds. The van der Waals surface area contributed by atoms with Crippen molar-refractivity contribution in [2.24, 2.45) is 0 Å². The summed E-state index contributed by atoms with van der Waals surface area (Å²) in [6.45, 7) is 5.84. The van der Waals surface area contributed by atoms with Crippen LogP contribution < -0.4 is 20.4 Å². The van der Waals surface area contributed by atoms with Crippen LogP contribution in [0.4, 0.5) is 16.3 Å². The van der Waals surface area contributed by atoms with Gasteiger partial charge in [-0.15, -0.1) is 10.2 Å². The second-order valence-corrected chi connectivity index (χ2v) is 11.0. The molecule has 40 heavy (non-hydrogen) atoms.